The van der Waals surface area contributed by atoms with Crippen molar-refractivity contribution in [3.05, 3.63) is 24.3 Å². The molecule has 22 heavy (non-hydrogen) atoms. The predicted octanol–water partition coefficient (Wildman–Crippen LogP) is 2.12. The number of hydrogen-bond acceptors (Lipinski definition) is 4. The van der Waals surface area contributed by atoms with Gasteiger partial charge in [-0.3, -0.25) is 4.79 Å². The van der Waals surface area contributed by atoms with Gasteiger partial charge in [0.25, 0.3) is 5.91 Å². The number of carbonyl (C=O) groups is 1. The number of likely N-dealkylation sites (tertiary alicyclic amines) is 1. The van der Waals surface area contributed by atoms with Crippen LogP contribution in [-0.2, 0) is 14.6 Å². The van der Waals surface area contributed by atoms with Crippen molar-refractivity contribution in [1.29, 1.82) is 0 Å². The van der Waals surface area contributed by atoms with Crippen molar-refractivity contribution < 1.29 is 17.9 Å². The molecule has 0 radical (unpaired) electrons. The largest absolute Gasteiger partial charge is 0.481 e. The smallest absolute Gasteiger partial charge is 0.263 e. The fourth-order valence-corrected chi connectivity index (χ4v) is 3.14. The summed E-state index contributed by atoms with van der Waals surface area (Å²) in [5, 5.41) is 0. The minimum atomic E-state index is -3.22. The van der Waals surface area contributed by atoms with Crippen LogP contribution in [-0.4, -0.2) is 44.7 Å². The van der Waals surface area contributed by atoms with Crippen LogP contribution in [0.25, 0.3) is 0 Å². The molecule has 1 saturated heterocycles. The Morgan fingerprint density at radius 1 is 1.23 bits per heavy atom. The highest BCUT2D eigenvalue weighted by atomic mass is 32.2. The molecule has 1 aromatic carbocycles. The highest BCUT2D eigenvalue weighted by molar-refractivity contribution is 7.90. The zero-order chi connectivity index (χ0) is 16.3. The van der Waals surface area contributed by atoms with Crippen LogP contribution < -0.4 is 4.74 Å². The van der Waals surface area contributed by atoms with Crippen LogP contribution in [0.5, 0.6) is 5.75 Å². The normalized spacial score (nSPS) is 18.0. The Labute approximate surface area is 132 Å². The third kappa shape index (κ3) is 4.22. The average Bonchev–Trinajstić information content (AvgIpc) is 2.47. The third-order valence-electron chi connectivity index (χ3n) is 4.01. The van der Waals surface area contributed by atoms with Crippen molar-refractivity contribution in [2.75, 3.05) is 19.3 Å². The van der Waals surface area contributed by atoms with Crippen molar-refractivity contribution in [2.24, 2.45) is 5.92 Å². The molecule has 1 heterocycles. The first-order valence-corrected chi connectivity index (χ1v) is 9.42. The lowest BCUT2D eigenvalue weighted by Gasteiger charge is -2.32. The van der Waals surface area contributed by atoms with Crippen molar-refractivity contribution in [3.8, 4) is 5.75 Å². The molecule has 0 spiro atoms. The summed E-state index contributed by atoms with van der Waals surface area (Å²) >= 11 is 0. The maximum absolute atomic E-state index is 12.3. The van der Waals surface area contributed by atoms with Gasteiger partial charge in [0.2, 0.25) is 0 Å². The molecule has 0 bridgehead atoms. The standard InChI is InChI=1S/C16H23NO4S/c1-12-8-10-17(11-9-12)16(18)13(2)21-14-4-6-15(7-5-14)22(3,19)20/h4-7,12-13H,8-11H2,1-3H3. The van der Waals surface area contributed by atoms with E-state index in [1.807, 2.05) is 4.90 Å². The molecule has 0 aliphatic carbocycles. The van der Waals surface area contributed by atoms with Crippen molar-refractivity contribution in [2.45, 2.75) is 37.7 Å². The summed E-state index contributed by atoms with van der Waals surface area (Å²) in [4.78, 5) is 14.4. The summed E-state index contributed by atoms with van der Waals surface area (Å²) in [5.74, 6) is 1.15. The van der Waals surface area contributed by atoms with E-state index in [1.165, 1.54) is 12.1 Å². The summed E-state index contributed by atoms with van der Waals surface area (Å²) in [6.07, 6.45) is 2.65. The van der Waals surface area contributed by atoms with Gasteiger partial charge in [-0.05, 0) is 49.9 Å². The predicted molar refractivity (Wildman–Crippen MR) is 84.6 cm³/mol. The highest BCUT2D eigenvalue weighted by Gasteiger charge is 2.25. The maximum atomic E-state index is 12.3. The maximum Gasteiger partial charge on any atom is 0.263 e. The van der Waals surface area contributed by atoms with Crippen molar-refractivity contribution in [1.82, 2.24) is 4.90 Å². The van der Waals surface area contributed by atoms with Gasteiger partial charge in [0.15, 0.2) is 15.9 Å². The molecular formula is C16H23NO4S. The van der Waals surface area contributed by atoms with Crippen molar-refractivity contribution in [3.63, 3.8) is 0 Å². The number of nitrogens with zero attached hydrogens (tertiary/aromatic N) is 1. The molecule has 122 valence electrons. The van der Waals surface area contributed by atoms with E-state index in [0.29, 0.717) is 11.7 Å². The van der Waals surface area contributed by atoms with Crippen LogP contribution in [0.15, 0.2) is 29.2 Å². The molecule has 1 amide bonds. The van der Waals surface area contributed by atoms with Gasteiger partial charge in [-0.15, -0.1) is 0 Å². The Morgan fingerprint density at radius 3 is 2.27 bits per heavy atom. The van der Waals surface area contributed by atoms with Gasteiger partial charge < -0.3 is 9.64 Å². The monoisotopic (exact) mass is 325 g/mol. The number of hydrogen-bond donors (Lipinski definition) is 0. The lowest BCUT2D eigenvalue weighted by molar-refractivity contribution is -0.139. The average molecular weight is 325 g/mol. The number of piperidine rings is 1. The zero-order valence-corrected chi connectivity index (χ0v) is 14.1. The first-order valence-electron chi connectivity index (χ1n) is 7.53. The number of sulfone groups is 1. The molecule has 5 nitrogen and oxygen atoms in total. The Bertz CT molecular complexity index is 616. The zero-order valence-electron chi connectivity index (χ0n) is 13.3. The number of ether oxygens (including phenoxy) is 1. The Morgan fingerprint density at radius 2 is 1.77 bits per heavy atom. The Hall–Kier alpha value is -1.56. The fraction of sp³-hybridized carbons (Fsp3) is 0.562. The van der Waals surface area contributed by atoms with Crippen LogP contribution in [0.1, 0.15) is 26.7 Å². The van der Waals surface area contributed by atoms with Gasteiger partial charge >= 0.3 is 0 Å². The summed E-state index contributed by atoms with van der Waals surface area (Å²) in [7, 11) is -3.22. The van der Waals surface area contributed by atoms with Gasteiger partial charge in [-0.2, -0.15) is 0 Å². The van der Waals surface area contributed by atoms with Gasteiger partial charge in [0.1, 0.15) is 5.75 Å². The van der Waals surface area contributed by atoms with Gasteiger partial charge in [-0.25, -0.2) is 8.42 Å². The van der Waals surface area contributed by atoms with E-state index in [4.69, 9.17) is 4.74 Å². The first-order chi connectivity index (χ1) is 10.3. The summed E-state index contributed by atoms with van der Waals surface area (Å²) in [5.41, 5.74) is 0. The number of carbonyl (C=O) groups excluding carboxylic acids is 1. The van der Waals surface area contributed by atoms with Gasteiger partial charge in [-0.1, -0.05) is 6.92 Å². The third-order valence-corrected chi connectivity index (χ3v) is 5.14. The van der Waals surface area contributed by atoms with Crippen LogP contribution in [0, 0.1) is 5.92 Å². The molecule has 0 saturated carbocycles. The second-order valence-corrected chi connectivity index (χ2v) is 8.03. The minimum Gasteiger partial charge on any atom is -0.481 e. The summed E-state index contributed by atoms with van der Waals surface area (Å²) in [6, 6.07) is 6.14. The summed E-state index contributed by atoms with van der Waals surface area (Å²) in [6.45, 7) is 5.48. The molecule has 1 aliphatic heterocycles. The lowest BCUT2D eigenvalue weighted by Crippen LogP contribution is -2.44. The van der Waals surface area contributed by atoms with Gasteiger partial charge in [0, 0.05) is 19.3 Å². The molecule has 1 atom stereocenters. The Balaban J connectivity index is 1.96. The van der Waals surface area contributed by atoms with Crippen LogP contribution in [0.2, 0.25) is 0 Å². The number of benzene rings is 1. The molecule has 2 rings (SSSR count). The molecule has 1 aliphatic rings. The molecule has 0 N–H and O–H groups in total. The second-order valence-electron chi connectivity index (χ2n) is 6.01. The molecule has 0 aromatic heterocycles. The Kier molecular flexibility index (Phi) is 5.11. The van der Waals surface area contributed by atoms with E-state index in [9.17, 15) is 13.2 Å². The van der Waals surface area contributed by atoms with E-state index in [2.05, 4.69) is 6.92 Å². The molecule has 1 unspecified atom stereocenters. The quantitative estimate of drug-likeness (QED) is 0.850. The topological polar surface area (TPSA) is 63.7 Å². The van der Waals surface area contributed by atoms with Crippen LogP contribution in [0.4, 0.5) is 0 Å². The highest BCUT2D eigenvalue weighted by Crippen LogP contribution is 2.20. The first kappa shape index (κ1) is 16.8. The lowest BCUT2D eigenvalue weighted by atomic mass is 9.99. The molecule has 1 aromatic rings. The molecule has 1 fully saturated rings. The number of amides is 1. The van der Waals surface area contributed by atoms with Gasteiger partial charge in [0.05, 0.1) is 4.90 Å². The van der Waals surface area contributed by atoms with E-state index in [-0.39, 0.29) is 10.8 Å². The van der Waals surface area contributed by atoms with Crippen molar-refractivity contribution >= 4 is 15.7 Å². The van der Waals surface area contributed by atoms with Crippen LogP contribution >= 0.6 is 0 Å². The van der Waals surface area contributed by atoms with E-state index < -0.39 is 15.9 Å². The SMILES string of the molecule is CC1CCN(C(=O)C(C)Oc2ccc(S(C)(=O)=O)cc2)CC1. The van der Waals surface area contributed by atoms with Crippen LogP contribution in [0.3, 0.4) is 0 Å². The molecular weight excluding hydrogens is 302 g/mol. The van der Waals surface area contributed by atoms with E-state index in [0.717, 1.165) is 32.2 Å². The van der Waals surface area contributed by atoms with E-state index >= 15 is 0 Å². The molecule has 6 heteroatoms. The summed E-state index contributed by atoms with van der Waals surface area (Å²) < 4.78 is 28.4. The number of rotatable bonds is 4. The minimum absolute atomic E-state index is 0.0147. The van der Waals surface area contributed by atoms with E-state index in [1.54, 1.807) is 19.1 Å². The second kappa shape index (κ2) is 6.69. The fourth-order valence-electron chi connectivity index (χ4n) is 2.51.